The highest BCUT2D eigenvalue weighted by molar-refractivity contribution is 9.10. The monoisotopic (exact) mass is 292 g/mol. The summed E-state index contributed by atoms with van der Waals surface area (Å²) in [5.74, 6) is 1.56. The molecular formula is C13H13BrN2O. The first-order chi connectivity index (χ1) is 8.29. The van der Waals surface area contributed by atoms with E-state index in [0.717, 1.165) is 28.8 Å². The van der Waals surface area contributed by atoms with Gasteiger partial charge in [-0.05, 0) is 34.5 Å². The molecule has 0 bridgehead atoms. The summed E-state index contributed by atoms with van der Waals surface area (Å²) in [6.07, 6.45) is 4.48. The Labute approximate surface area is 109 Å². The molecule has 2 aromatic rings. The standard InChI is InChI=1S/C13H13BrN2O/c1-2-6-17-12-5-3-4-10(7-12)13-15-8-11(14)9-16-13/h3-5,7-9H,2,6H2,1H3. The van der Waals surface area contributed by atoms with E-state index >= 15 is 0 Å². The molecule has 3 nitrogen and oxygen atoms in total. The fourth-order valence-corrected chi connectivity index (χ4v) is 1.61. The minimum Gasteiger partial charge on any atom is -0.494 e. The van der Waals surface area contributed by atoms with Crippen LogP contribution in [0.1, 0.15) is 13.3 Å². The van der Waals surface area contributed by atoms with Crippen molar-refractivity contribution in [3.63, 3.8) is 0 Å². The van der Waals surface area contributed by atoms with Crippen molar-refractivity contribution in [1.82, 2.24) is 9.97 Å². The van der Waals surface area contributed by atoms with Gasteiger partial charge in [0.1, 0.15) is 5.75 Å². The van der Waals surface area contributed by atoms with Gasteiger partial charge >= 0.3 is 0 Å². The first-order valence-corrected chi connectivity index (χ1v) is 6.29. The average Bonchev–Trinajstić information content (AvgIpc) is 2.37. The van der Waals surface area contributed by atoms with Crippen LogP contribution in [-0.2, 0) is 0 Å². The summed E-state index contributed by atoms with van der Waals surface area (Å²) in [6, 6.07) is 7.82. The molecule has 0 saturated carbocycles. The highest BCUT2D eigenvalue weighted by Gasteiger charge is 2.02. The van der Waals surface area contributed by atoms with Crippen molar-refractivity contribution in [2.24, 2.45) is 0 Å². The third kappa shape index (κ3) is 3.27. The first-order valence-electron chi connectivity index (χ1n) is 5.50. The van der Waals surface area contributed by atoms with Gasteiger partial charge in [-0.3, -0.25) is 0 Å². The second-order valence-corrected chi connectivity index (χ2v) is 4.52. The second kappa shape index (κ2) is 5.77. The van der Waals surface area contributed by atoms with E-state index in [1.807, 2.05) is 24.3 Å². The molecule has 0 aliphatic heterocycles. The third-order valence-electron chi connectivity index (χ3n) is 2.19. The Morgan fingerprint density at radius 2 is 2.00 bits per heavy atom. The van der Waals surface area contributed by atoms with Gasteiger partial charge in [0.05, 0.1) is 11.1 Å². The number of ether oxygens (including phenoxy) is 1. The van der Waals surface area contributed by atoms with Crippen LogP contribution in [0.2, 0.25) is 0 Å². The van der Waals surface area contributed by atoms with Crippen LogP contribution < -0.4 is 4.74 Å². The van der Waals surface area contributed by atoms with Gasteiger partial charge in [-0.15, -0.1) is 0 Å². The maximum absolute atomic E-state index is 5.58. The molecule has 2 rings (SSSR count). The lowest BCUT2D eigenvalue weighted by molar-refractivity contribution is 0.317. The molecule has 88 valence electrons. The molecule has 0 aliphatic rings. The Balaban J connectivity index is 2.23. The molecule has 1 heterocycles. The van der Waals surface area contributed by atoms with Crippen molar-refractivity contribution in [2.75, 3.05) is 6.61 Å². The highest BCUT2D eigenvalue weighted by Crippen LogP contribution is 2.21. The molecule has 4 heteroatoms. The quantitative estimate of drug-likeness (QED) is 0.862. The Kier molecular flexibility index (Phi) is 4.09. The molecule has 0 amide bonds. The van der Waals surface area contributed by atoms with Gasteiger partial charge in [0.15, 0.2) is 5.82 Å². The predicted octanol–water partition coefficient (Wildman–Crippen LogP) is 3.69. The Morgan fingerprint density at radius 3 is 2.71 bits per heavy atom. The number of rotatable bonds is 4. The number of hydrogen-bond donors (Lipinski definition) is 0. The molecule has 0 unspecified atom stereocenters. The molecule has 0 N–H and O–H groups in total. The molecule has 0 spiro atoms. The van der Waals surface area contributed by atoms with Crippen molar-refractivity contribution in [2.45, 2.75) is 13.3 Å². The lowest BCUT2D eigenvalue weighted by Crippen LogP contribution is -1.95. The molecule has 0 saturated heterocycles. The Bertz CT molecular complexity index is 485. The molecule has 1 aromatic carbocycles. The van der Waals surface area contributed by atoms with E-state index < -0.39 is 0 Å². The van der Waals surface area contributed by atoms with Crippen LogP contribution in [0, 0.1) is 0 Å². The number of aromatic nitrogens is 2. The maximum atomic E-state index is 5.58. The van der Waals surface area contributed by atoms with Crippen molar-refractivity contribution in [1.29, 1.82) is 0 Å². The fraction of sp³-hybridized carbons (Fsp3) is 0.231. The Morgan fingerprint density at radius 1 is 1.24 bits per heavy atom. The van der Waals surface area contributed by atoms with Crippen LogP contribution in [0.3, 0.4) is 0 Å². The zero-order valence-electron chi connectivity index (χ0n) is 9.56. The molecule has 0 radical (unpaired) electrons. The van der Waals surface area contributed by atoms with E-state index in [9.17, 15) is 0 Å². The van der Waals surface area contributed by atoms with Crippen LogP contribution in [0.25, 0.3) is 11.4 Å². The number of halogens is 1. The van der Waals surface area contributed by atoms with Gasteiger partial charge in [-0.25, -0.2) is 9.97 Å². The molecular weight excluding hydrogens is 280 g/mol. The van der Waals surface area contributed by atoms with E-state index in [1.165, 1.54) is 0 Å². The van der Waals surface area contributed by atoms with Crippen molar-refractivity contribution in [3.8, 4) is 17.1 Å². The van der Waals surface area contributed by atoms with Crippen molar-refractivity contribution in [3.05, 3.63) is 41.1 Å². The van der Waals surface area contributed by atoms with E-state index in [0.29, 0.717) is 5.82 Å². The van der Waals surface area contributed by atoms with Crippen LogP contribution in [0.15, 0.2) is 41.1 Å². The molecule has 1 aromatic heterocycles. The van der Waals surface area contributed by atoms with Crippen molar-refractivity contribution < 1.29 is 4.74 Å². The largest absolute Gasteiger partial charge is 0.494 e. The first kappa shape index (κ1) is 12.0. The summed E-state index contributed by atoms with van der Waals surface area (Å²) >= 11 is 3.32. The van der Waals surface area contributed by atoms with E-state index in [2.05, 4.69) is 32.8 Å². The topological polar surface area (TPSA) is 35.0 Å². The zero-order valence-corrected chi connectivity index (χ0v) is 11.1. The number of benzene rings is 1. The van der Waals surface area contributed by atoms with Gasteiger partial charge < -0.3 is 4.74 Å². The van der Waals surface area contributed by atoms with Crippen LogP contribution in [0.5, 0.6) is 5.75 Å². The van der Waals surface area contributed by atoms with Gasteiger partial charge in [-0.2, -0.15) is 0 Å². The molecule has 0 fully saturated rings. The summed E-state index contributed by atoms with van der Waals surface area (Å²) in [7, 11) is 0. The van der Waals surface area contributed by atoms with Crippen molar-refractivity contribution >= 4 is 15.9 Å². The lowest BCUT2D eigenvalue weighted by atomic mass is 10.2. The van der Waals surface area contributed by atoms with Crippen LogP contribution in [-0.4, -0.2) is 16.6 Å². The average molecular weight is 293 g/mol. The van der Waals surface area contributed by atoms with Crippen LogP contribution >= 0.6 is 15.9 Å². The fourth-order valence-electron chi connectivity index (χ4n) is 1.41. The van der Waals surface area contributed by atoms with E-state index in [4.69, 9.17) is 4.74 Å². The van der Waals surface area contributed by atoms with Gasteiger partial charge in [0, 0.05) is 18.0 Å². The summed E-state index contributed by atoms with van der Waals surface area (Å²) < 4.78 is 6.45. The smallest absolute Gasteiger partial charge is 0.159 e. The van der Waals surface area contributed by atoms with Gasteiger partial charge in [0.2, 0.25) is 0 Å². The minimum absolute atomic E-state index is 0.704. The molecule has 0 aliphatic carbocycles. The number of nitrogens with zero attached hydrogens (tertiary/aromatic N) is 2. The van der Waals surface area contributed by atoms with Crippen LogP contribution in [0.4, 0.5) is 0 Å². The second-order valence-electron chi connectivity index (χ2n) is 3.60. The zero-order chi connectivity index (χ0) is 12.1. The molecule has 0 atom stereocenters. The summed E-state index contributed by atoms with van der Waals surface area (Å²) in [6.45, 7) is 2.81. The maximum Gasteiger partial charge on any atom is 0.159 e. The SMILES string of the molecule is CCCOc1cccc(-c2ncc(Br)cn2)c1. The minimum atomic E-state index is 0.704. The lowest BCUT2D eigenvalue weighted by Gasteiger charge is -2.06. The van der Waals surface area contributed by atoms with Gasteiger partial charge in [0.25, 0.3) is 0 Å². The van der Waals surface area contributed by atoms with E-state index in [1.54, 1.807) is 12.4 Å². The van der Waals surface area contributed by atoms with Gasteiger partial charge in [-0.1, -0.05) is 19.1 Å². The third-order valence-corrected chi connectivity index (χ3v) is 2.59. The van der Waals surface area contributed by atoms with E-state index in [-0.39, 0.29) is 0 Å². The molecule has 17 heavy (non-hydrogen) atoms. The predicted molar refractivity (Wildman–Crippen MR) is 71.0 cm³/mol. The Hall–Kier alpha value is -1.42. The summed E-state index contributed by atoms with van der Waals surface area (Å²) in [5.41, 5.74) is 0.964. The summed E-state index contributed by atoms with van der Waals surface area (Å²) in [4.78, 5) is 8.51. The number of hydrogen-bond acceptors (Lipinski definition) is 3. The normalized spacial score (nSPS) is 10.2. The highest BCUT2D eigenvalue weighted by atomic mass is 79.9. The summed E-state index contributed by atoms with van der Waals surface area (Å²) in [5, 5.41) is 0.